The van der Waals surface area contributed by atoms with Crippen molar-refractivity contribution in [2.75, 3.05) is 6.61 Å². The smallest absolute Gasteiger partial charge is 0.264 e. The number of hydrogen-bond donors (Lipinski definition) is 1. The van der Waals surface area contributed by atoms with E-state index in [0.29, 0.717) is 11.5 Å². The predicted octanol–water partition coefficient (Wildman–Crippen LogP) is 4.37. The minimum atomic E-state index is -0.231. The van der Waals surface area contributed by atoms with Crippen LogP contribution < -0.4 is 10.1 Å². The fourth-order valence-corrected chi connectivity index (χ4v) is 3.35. The lowest BCUT2D eigenvalue weighted by molar-refractivity contribution is 0.0946. The second-order valence-corrected chi connectivity index (χ2v) is 6.44. The van der Waals surface area contributed by atoms with Crippen molar-refractivity contribution >= 4 is 17.2 Å². The number of nitrogens with one attached hydrogen (secondary N) is 1. The first kappa shape index (κ1) is 17.2. The maximum Gasteiger partial charge on any atom is 0.264 e. The number of aryl methyl sites for hydroxylation is 1. The van der Waals surface area contributed by atoms with Crippen LogP contribution in [0.2, 0.25) is 0 Å². The van der Waals surface area contributed by atoms with Crippen LogP contribution in [-0.2, 0) is 0 Å². The molecule has 0 aliphatic carbocycles. The molecule has 1 heterocycles. The van der Waals surface area contributed by atoms with Crippen molar-refractivity contribution in [3.05, 3.63) is 81.8 Å². The highest BCUT2D eigenvalue weighted by molar-refractivity contribution is 7.11. The van der Waals surface area contributed by atoms with Gasteiger partial charge in [0.15, 0.2) is 0 Å². The van der Waals surface area contributed by atoms with Crippen LogP contribution >= 0.6 is 11.3 Å². The number of hydrogen-bond acceptors (Lipinski definition) is 4. The van der Waals surface area contributed by atoms with E-state index in [0.717, 1.165) is 22.6 Å². The van der Waals surface area contributed by atoms with Crippen molar-refractivity contribution < 1.29 is 9.53 Å². The van der Waals surface area contributed by atoms with E-state index in [1.54, 1.807) is 5.51 Å². The van der Waals surface area contributed by atoms with Crippen LogP contribution in [0.1, 0.15) is 39.5 Å². The summed E-state index contributed by atoms with van der Waals surface area (Å²) in [5.74, 6) is 0.713. The van der Waals surface area contributed by atoms with Gasteiger partial charge in [0.2, 0.25) is 0 Å². The number of thiazole rings is 1. The van der Waals surface area contributed by atoms with E-state index in [9.17, 15) is 4.79 Å². The summed E-state index contributed by atoms with van der Waals surface area (Å²) < 4.78 is 5.51. The van der Waals surface area contributed by atoms with E-state index in [-0.39, 0.29) is 11.9 Å². The Labute approximate surface area is 151 Å². The van der Waals surface area contributed by atoms with Crippen LogP contribution in [0.25, 0.3) is 0 Å². The Bertz CT molecular complexity index is 828. The van der Waals surface area contributed by atoms with Crippen LogP contribution in [0.15, 0.2) is 60.1 Å². The van der Waals surface area contributed by atoms with Gasteiger partial charge in [0.05, 0.1) is 23.9 Å². The van der Waals surface area contributed by atoms with Crippen LogP contribution in [0.3, 0.4) is 0 Å². The number of carbonyl (C=O) groups is 1. The molecule has 3 rings (SSSR count). The molecule has 1 amide bonds. The topological polar surface area (TPSA) is 51.2 Å². The highest BCUT2D eigenvalue weighted by Crippen LogP contribution is 2.25. The van der Waals surface area contributed by atoms with E-state index in [1.807, 2.05) is 68.4 Å². The Hall–Kier alpha value is -2.66. The number of carbonyl (C=O) groups excluding carboxylic acids is 1. The fraction of sp³-hybridized carbons (Fsp3) is 0.200. The summed E-state index contributed by atoms with van der Waals surface area (Å²) >= 11 is 1.36. The van der Waals surface area contributed by atoms with E-state index < -0.39 is 0 Å². The highest BCUT2D eigenvalue weighted by Gasteiger charge is 2.20. The van der Waals surface area contributed by atoms with Crippen LogP contribution in [0.4, 0.5) is 0 Å². The third-order valence-electron chi connectivity index (χ3n) is 3.88. The summed E-state index contributed by atoms with van der Waals surface area (Å²) in [7, 11) is 0. The summed E-state index contributed by atoms with van der Waals surface area (Å²) in [6.07, 6.45) is 0. The molecule has 0 spiro atoms. The number of ether oxygens (including phenoxy) is 1. The maximum absolute atomic E-state index is 12.7. The summed E-state index contributed by atoms with van der Waals surface area (Å²) in [5, 5.41) is 3.13. The second kappa shape index (κ2) is 7.94. The molecule has 0 saturated heterocycles. The third kappa shape index (κ3) is 4.06. The standard InChI is InChI=1S/C20H20N2O2S/c1-3-24-17-11-9-16(10-12-17)18(15-7-5-4-6-8-15)22-20(23)19-14(2)21-13-25-19/h4-13,18H,3H2,1-2H3,(H,22,23). The van der Waals surface area contributed by atoms with Crippen molar-refractivity contribution in [2.45, 2.75) is 19.9 Å². The highest BCUT2D eigenvalue weighted by atomic mass is 32.1. The molecule has 4 nitrogen and oxygen atoms in total. The minimum absolute atomic E-state index is 0.109. The Morgan fingerprint density at radius 1 is 1.12 bits per heavy atom. The number of nitrogens with zero attached hydrogens (tertiary/aromatic N) is 1. The van der Waals surface area contributed by atoms with E-state index in [4.69, 9.17) is 4.74 Å². The van der Waals surface area contributed by atoms with Crippen molar-refractivity contribution in [1.82, 2.24) is 10.3 Å². The molecule has 1 aromatic heterocycles. The van der Waals surface area contributed by atoms with Gasteiger partial charge in [-0.1, -0.05) is 42.5 Å². The van der Waals surface area contributed by atoms with Gasteiger partial charge >= 0.3 is 0 Å². The van der Waals surface area contributed by atoms with Crippen molar-refractivity contribution in [3.8, 4) is 5.75 Å². The van der Waals surface area contributed by atoms with Crippen molar-refractivity contribution in [3.63, 3.8) is 0 Å². The SMILES string of the molecule is CCOc1ccc(C(NC(=O)c2scnc2C)c2ccccc2)cc1. The van der Waals surface area contributed by atoms with E-state index in [1.165, 1.54) is 11.3 Å². The van der Waals surface area contributed by atoms with Gasteiger partial charge in [0.1, 0.15) is 10.6 Å². The van der Waals surface area contributed by atoms with Gasteiger partial charge in [-0.25, -0.2) is 4.98 Å². The molecule has 25 heavy (non-hydrogen) atoms. The molecule has 0 aliphatic heterocycles. The Morgan fingerprint density at radius 3 is 2.40 bits per heavy atom. The molecular weight excluding hydrogens is 332 g/mol. The molecule has 1 N–H and O–H groups in total. The van der Waals surface area contributed by atoms with Gasteiger partial charge in [-0.3, -0.25) is 4.79 Å². The largest absolute Gasteiger partial charge is 0.494 e. The maximum atomic E-state index is 12.7. The Kier molecular flexibility index (Phi) is 5.46. The van der Waals surface area contributed by atoms with Gasteiger partial charge in [-0.15, -0.1) is 11.3 Å². The zero-order valence-corrected chi connectivity index (χ0v) is 15.0. The summed E-state index contributed by atoms with van der Waals surface area (Å²) in [5.41, 5.74) is 4.48. The lowest BCUT2D eigenvalue weighted by atomic mass is 9.98. The molecule has 0 aliphatic rings. The van der Waals surface area contributed by atoms with Crippen LogP contribution in [-0.4, -0.2) is 17.5 Å². The Morgan fingerprint density at radius 2 is 1.80 bits per heavy atom. The molecule has 1 atom stereocenters. The lowest BCUT2D eigenvalue weighted by Crippen LogP contribution is -2.29. The second-order valence-electron chi connectivity index (χ2n) is 5.59. The monoisotopic (exact) mass is 352 g/mol. The third-order valence-corrected chi connectivity index (χ3v) is 4.81. The number of aromatic nitrogens is 1. The number of benzene rings is 2. The number of amides is 1. The molecule has 0 radical (unpaired) electrons. The molecule has 0 fully saturated rings. The summed E-state index contributed by atoms with van der Waals surface area (Å²) in [4.78, 5) is 17.5. The average Bonchev–Trinajstić information content (AvgIpc) is 3.07. The molecule has 2 aromatic carbocycles. The van der Waals surface area contributed by atoms with Gasteiger partial charge < -0.3 is 10.1 Å². The van der Waals surface area contributed by atoms with Crippen molar-refractivity contribution in [1.29, 1.82) is 0 Å². The molecule has 0 bridgehead atoms. The summed E-state index contributed by atoms with van der Waals surface area (Å²) in [6.45, 7) is 4.43. The quantitative estimate of drug-likeness (QED) is 0.717. The van der Waals surface area contributed by atoms with Gasteiger partial charge in [0, 0.05) is 0 Å². The first-order valence-corrected chi connectivity index (χ1v) is 9.05. The van der Waals surface area contributed by atoms with Gasteiger partial charge in [-0.05, 0) is 37.1 Å². The first-order valence-electron chi connectivity index (χ1n) is 8.17. The molecule has 3 aromatic rings. The molecule has 1 unspecified atom stereocenters. The zero-order chi connectivity index (χ0) is 17.6. The van der Waals surface area contributed by atoms with E-state index >= 15 is 0 Å². The zero-order valence-electron chi connectivity index (χ0n) is 14.2. The van der Waals surface area contributed by atoms with E-state index in [2.05, 4.69) is 10.3 Å². The lowest BCUT2D eigenvalue weighted by Gasteiger charge is -2.20. The molecule has 5 heteroatoms. The fourth-order valence-electron chi connectivity index (χ4n) is 2.64. The number of rotatable bonds is 6. The normalized spacial score (nSPS) is 11.8. The predicted molar refractivity (Wildman–Crippen MR) is 100 cm³/mol. The Balaban J connectivity index is 1.90. The van der Waals surface area contributed by atoms with Gasteiger partial charge in [-0.2, -0.15) is 0 Å². The molecule has 128 valence electrons. The van der Waals surface area contributed by atoms with Crippen molar-refractivity contribution in [2.24, 2.45) is 0 Å². The molecular formula is C20H20N2O2S. The first-order chi connectivity index (χ1) is 12.2. The average molecular weight is 352 g/mol. The van der Waals surface area contributed by atoms with Crippen LogP contribution in [0, 0.1) is 6.92 Å². The minimum Gasteiger partial charge on any atom is -0.494 e. The molecule has 0 saturated carbocycles. The van der Waals surface area contributed by atoms with Crippen LogP contribution in [0.5, 0.6) is 5.75 Å². The summed E-state index contributed by atoms with van der Waals surface area (Å²) in [6, 6.07) is 17.5. The van der Waals surface area contributed by atoms with Gasteiger partial charge in [0.25, 0.3) is 5.91 Å².